The van der Waals surface area contributed by atoms with Crippen molar-refractivity contribution in [1.82, 2.24) is 10.3 Å². The highest BCUT2D eigenvalue weighted by Crippen LogP contribution is 2.11. The van der Waals surface area contributed by atoms with Crippen LogP contribution < -0.4 is 11.1 Å². The predicted molar refractivity (Wildman–Crippen MR) is 62.1 cm³/mol. The molecular formula is C10H17N3OS. The molecule has 4 nitrogen and oxygen atoms in total. The van der Waals surface area contributed by atoms with Crippen molar-refractivity contribution in [3.8, 4) is 0 Å². The fraction of sp³-hybridized carbons (Fsp3) is 0.600. The van der Waals surface area contributed by atoms with E-state index in [4.69, 9.17) is 5.73 Å². The molecule has 0 saturated heterocycles. The topological polar surface area (TPSA) is 68.0 Å². The van der Waals surface area contributed by atoms with Crippen LogP contribution in [0, 0.1) is 6.92 Å². The number of nitrogens with two attached hydrogens (primary N) is 1. The van der Waals surface area contributed by atoms with Gasteiger partial charge < -0.3 is 11.1 Å². The second-order valence-corrected chi connectivity index (χ2v) is 4.67. The van der Waals surface area contributed by atoms with Crippen LogP contribution in [0.3, 0.4) is 0 Å². The first-order valence-electron chi connectivity index (χ1n) is 5.10. The molecule has 1 rings (SSSR count). The zero-order valence-corrected chi connectivity index (χ0v) is 9.93. The smallest absolute Gasteiger partial charge is 0.263 e. The van der Waals surface area contributed by atoms with Crippen molar-refractivity contribution < 1.29 is 4.79 Å². The van der Waals surface area contributed by atoms with Crippen molar-refractivity contribution in [2.75, 3.05) is 6.54 Å². The van der Waals surface area contributed by atoms with E-state index < -0.39 is 0 Å². The van der Waals surface area contributed by atoms with Gasteiger partial charge in [0, 0.05) is 12.6 Å². The molecule has 5 heteroatoms. The van der Waals surface area contributed by atoms with Gasteiger partial charge in [0.2, 0.25) is 0 Å². The van der Waals surface area contributed by atoms with Gasteiger partial charge in [-0.15, -0.1) is 11.3 Å². The van der Waals surface area contributed by atoms with E-state index in [1.807, 2.05) is 6.92 Å². The van der Waals surface area contributed by atoms with Crippen molar-refractivity contribution in [3.63, 3.8) is 0 Å². The van der Waals surface area contributed by atoms with Gasteiger partial charge in [-0.05, 0) is 13.3 Å². The minimum absolute atomic E-state index is 0.0653. The number of nitrogens with zero attached hydrogens (tertiary/aromatic N) is 1. The van der Waals surface area contributed by atoms with Crippen LogP contribution in [-0.2, 0) is 0 Å². The number of amides is 1. The Morgan fingerprint density at radius 2 is 2.47 bits per heavy atom. The summed E-state index contributed by atoms with van der Waals surface area (Å²) in [5, 5.41) is 3.81. The van der Waals surface area contributed by atoms with Crippen LogP contribution in [0.25, 0.3) is 0 Å². The lowest BCUT2D eigenvalue weighted by Crippen LogP contribution is -2.39. The zero-order chi connectivity index (χ0) is 11.3. The van der Waals surface area contributed by atoms with Gasteiger partial charge in [-0.2, -0.15) is 0 Å². The maximum Gasteiger partial charge on any atom is 0.263 e. The Kier molecular flexibility index (Phi) is 4.71. The second kappa shape index (κ2) is 5.82. The van der Waals surface area contributed by atoms with E-state index in [0.717, 1.165) is 17.8 Å². The number of nitrogens with one attached hydrogen (secondary N) is 1. The van der Waals surface area contributed by atoms with Gasteiger partial charge in [-0.3, -0.25) is 4.79 Å². The molecular weight excluding hydrogens is 210 g/mol. The van der Waals surface area contributed by atoms with Crippen LogP contribution in [0.15, 0.2) is 6.20 Å². The molecule has 1 heterocycles. The first kappa shape index (κ1) is 12.1. The highest BCUT2D eigenvalue weighted by Gasteiger charge is 2.13. The molecule has 0 spiro atoms. The summed E-state index contributed by atoms with van der Waals surface area (Å²) in [5.74, 6) is -0.0653. The molecule has 0 fully saturated rings. The van der Waals surface area contributed by atoms with Crippen molar-refractivity contribution in [2.24, 2.45) is 5.73 Å². The molecule has 84 valence electrons. The summed E-state index contributed by atoms with van der Waals surface area (Å²) < 4.78 is 0. The van der Waals surface area contributed by atoms with Crippen LogP contribution in [0.2, 0.25) is 0 Å². The molecule has 1 amide bonds. The molecule has 15 heavy (non-hydrogen) atoms. The summed E-state index contributed by atoms with van der Waals surface area (Å²) in [6.45, 7) is 4.44. The zero-order valence-electron chi connectivity index (χ0n) is 9.12. The van der Waals surface area contributed by atoms with Crippen molar-refractivity contribution in [2.45, 2.75) is 32.7 Å². The molecule has 0 radical (unpaired) electrons. The molecule has 0 aliphatic carbocycles. The van der Waals surface area contributed by atoms with Gasteiger partial charge in [-0.25, -0.2) is 4.98 Å². The molecule has 0 bridgehead atoms. The Balaban J connectivity index is 2.54. The number of carbonyl (C=O) groups is 1. The quantitative estimate of drug-likeness (QED) is 0.797. The van der Waals surface area contributed by atoms with Crippen LogP contribution in [0.5, 0.6) is 0 Å². The normalized spacial score (nSPS) is 12.5. The number of carbonyl (C=O) groups excluding carboxylic acids is 1. The Hall–Kier alpha value is -0.940. The number of thiazole rings is 1. The fourth-order valence-corrected chi connectivity index (χ4v) is 2.00. The molecule has 1 unspecified atom stereocenters. The number of hydrogen-bond donors (Lipinski definition) is 2. The van der Waals surface area contributed by atoms with E-state index in [0.29, 0.717) is 11.4 Å². The molecule has 0 aliphatic rings. The monoisotopic (exact) mass is 227 g/mol. The van der Waals surface area contributed by atoms with Crippen LogP contribution >= 0.6 is 11.3 Å². The molecule has 0 aromatic carbocycles. The van der Waals surface area contributed by atoms with Crippen LogP contribution in [0.1, 0.15) is 34.4 Å². The number of rotatable bonds is 5. The van der Waals surface area contributed by atoms with Gasteiger partial charge in [0.25, 0.3) is 5.91 Å². The predicted octanol–water partition coefficient (Wildman–Crippen LogP) is 1.31. The third-order valence-electron chi connectivity index (χ3n) is 2.10. The van der Waals surface area contributed by atoms with E-state index in [1.165, 1.54) is 11.3 Å². The van der Waals surface area contributed by atoms with E-state index >= 15 is 0 Å². The Bertz CT molecular complexity index is 324. The first-order chi connectivity index (χ1) is 7.17. The molecule has 3 N–H and O–H groups in total. The van der Waals surface area contributed by atoms with E-state index in [1.54, 1.807) is 6.20 Å². The number of aromatic nitrogens is 1. The van der Waals surface area contributed by atoms with Crippen molar-refractivity contribution >= 4 is 17.2 Å². The first-order valence-corrected chi connectivity index (χ1v) is 5.92. The summed E-state index contributed by atoms with van der Waals surface area (Å²) in [6, 6.07) is 0.0740. The molecule has 1 aromatic heterocycles. The lowest BCUT2D eigenvalue weighted by Gasteiger charge is -2.14. The average molecular weight is 227 g/mol. The third-order valence-corrected chi connectivity index (χ3v) is 3.01. The largest absolute Gasteiger partial charge is 0.347 e. The SMILES string of the molecule is CCCC(CN)NC(=O)c1cnc(C)s1. The molecule has 0 aliphatic heterocycles. The summed E-state index contributed by atoms with van der Waals surface area (Å²) in [6.07, 6.45) is 3.54. The van der Waals surface area contributed by atoms with Gasteiger partial charge in [0.1, 0.15) is 4.88 Å². The minimum atomic E-state index is -0.0653. The Labute approximate surface area is 93.9 Å². The van der Waals surface area contributed by atoms with E-state index in [9.17, 15) is 4.79 Å². The Morgan fingerprint density at radius 1 is 1.73 bits per heavy atom. The van der Waals surface area contributed by atoms with Crippen molar-refractivity contribution in [1.29, 1.82) is 0 Å². The second-order valence-electron chi connectivity index (χ2n) is 3.44. The number of aryl methyl sites for hydroxylation is 1. The standard InChI is InChI=1S/C10H17N3OS/c1-3-4-8(5-11)13-10(14)9-6-12-7(2)15-9/h6,8H,3-5,11H2,1-2H3,(H,13,14). The van der Waals surface area contributed by atoms with E-state index in [-0.39, 0.29) is 11.9 Å². The average Bonchev–Trinajstić information content (AvgIpc) is 2.64. The maximum atomic E-state index is 11.7. The van der Waals surface area contributed by atoms with Crippen molar-refractivity contribution in [3.05, 3.63) is 16.1 Å². The lowest BCUT2D eigenvalue weighted by molar-refractivity contribution is 0.0940. The summed E-state index contributed by atoms with van der Waals surface area (Å²) in [5.41, 5.74) is 5.56. The Morgan fingerprint density at radius 3 is 2.93 bits per heavy atom. The minimum Gasteiger partial charge on any atom is -0.347 e. The van der Waals surface area contributed by atoms with Gasteiger partial charge >= 0.3 is 0 Å². The van der Waals surface area contributed by atoms with Crippen LogP contribution in [0.4, 0.5) is 0 Å². The lowest BCUT2D eigenvalue weighted by atomic mass is 10.1. The molecule has 1 atom stereocenters. The summed E-state index contributed by atoms with van der Waals surface area (Å²) >= 11 is 1.40. The highest BCUT2D eigenvalue weighted by molar-refractivity contribution is 7.13. The van der Waals surface area contributed by atoms with Gasteiger partial charge in [0.05, 0.1) is 11.2 Å². The van der Waals surface area contributed by atoms with Gasteiger partial charge in [0.15, 0.2) is 0 Å². The molecule has 0 saturated carbocycles. The molecule has 1 aromatic rings. The van der Waals surface area contributed by atoms with E-state index in [2.05, 4.69) is 17.2 Å². The fourth-order valence-electron chi connectivity index (χ4n) is 1.32. The summed E-state index contributed by atoms with van der Waals surface area (Å²) in [4.78, 5) is 16.4. The van der Waals surface area contributed by atoms with Crippen LogP contribution in [-0.4, -0.2) is 23.5 Å². The third kappa shape index (κ3) is 3.60. The highest BCUT2D eigenvalue weighted by atomic mass is 32.1. The number of hydrogen-bond acceptors (Lipinski definition) is 4. The maximum absolute atomic E-state index is 11.7. The van der Waals surface area contributed by atoms with Gasteiger partial charge in [-0.1, -0.05) is 13.3 Å². The summed E-state index contributed by atoms with van der Waals surface area (Å²) in [7, 11) is 0.